The lowest BCUT2D eigenvalue weighted by molar-refractivity contribution is 0.446. The summed E-state index contributed by atoms with van der Waals surface area (Å²) in [5.74, 6) is 1.46. The van der Waals surface area contributed by atoms with E-state index in [0.29, 0.717) is 5.92 Å². The van der Waals surface area contributed by atoms with E-state index in [2.05, 4.69) is 46.4 Å². The highest BCUT2D eigenvalue weighted by Gasteiger charge is 2.07. The minimum absolute atomic E-state index is 0.597. The van der Waals surface area contributed by atoms with Gasteiger partial charge in [-0.15, -0.1) is 0 Å². The number of allylic oxidation sites excluding steroid dienone is 3. The molecule has 0 aromatic carbocycles. The van der Waals surface area contributed by atoms with Gasteiger partial charge in [-0.1, -0.05) is 51.0 Å². The van der Waals surface area contributed by atoms with Crippen LogP contribution in [0.1, 0.15) is 53.4 Å². The van der Waals surface area contributed by atoms with E-state index in [1.165, 1.54) is 31.3 Å². The predicted octanol–water partition coefficient (Wildman–Crippen LogP) is 4.97. The lowest BCUT2D eigenvalue weighted by atomic mass is 9.90. The maximum absolute atomic E-state index is 4.05. The largest absolute Gasteiger partial charge is 0.0995 e. The molecule has 0 heteroatoms. The summed E-state index contributed by atoms with van der Waals surface area (Å²) >= 11 is 0. The Morgan fingerprint density at radius 1 is 1.29 bits per heavy atom. The Balaban J connectivity index is 3.87. The van der Waals surface area contributed by atoms with Crippen LogP contribution >= 0.6 is 0 Å². The average molecular weight is 194 g/mol. The van der Waals surface area contributed by atoms with E-state index in [4.69, 9.17) is 0 Å². The molecule has 0 aromatic heterocycles. The van der Waals surface area contributed by atoms with Crippen LogP contribution in [-0.4, -0.2) is 0 Å². The molecule has 0 fully saturated rings. The summed E-state index contributed by atoms with van der Waals surface area (Å²) in [4.78, 5) is 0. The van der Waals surface area contributed by atoms with Crippen LogP contribution in [0, 0.1) is 11.8 Å². The highest BCUT2D eigenvalue weighted by atomic mass is 14.1. The first-order valence-electron chi connectivity index (χ1n) is 5.90. The summed E-state index contributed by atoms with van der Waals surface area (Å²) < 4.78 is 0. The van der Waals surface area contributed by atoms with E-state index in [9.17, 15) is 0 Å². The molecule has 0 N–H and O–H groups in total. The molecular formula is C14H26. The normalized spacial score (nSPS) is 15.7. The molecular weight excluding hydrogens is 168 g/mol. The molecule has 0 nitrogen and oxygen atoms in total. The average Bonchev–Trinajstić information content (AvgIpc) is 2.12. The van der Waals surface area contributed by atoms with Gasteiger partial charge < -0.3 is 0 Å². The third kappa shape index (κ3) is 6.01. The lowest BCUT2D eigenvalue weighted by Crippen LogP contribution is -2.02. The first-order chi connectivity index (χ1) is 6.61. The Kier molecular flexibility index (Phi) is 7.55. The van der Waals surface area contributed by atoms with Crippen molar-refractivity contribution in [3.63, 3.8) is 0 Å². The Morgan fingerprint density at radius 2 is 1.93 bits per heavy atom. The van der Waals surface area contributed by atoms with E-state index < -0.39 is 0 Å². The summed E-state index contributed by atoms with van der Waals surface area (Å²) in [6.07, 6.45) is 9.68. The topological polar surface area (TPSA) is 0 Å². The highest BCUT2D eigenvalue weighted by molar-refractivity contribution is 5.06. The van der Waals surface area contributed by atoms with Gasteiger partial charge in [-0.05, 0) is 38.5 Å². The number of hydrogen-bond acceptors (Lipinski definition) is 0. The smallest absolute Gasteiger partial charge is 0.00287 e. The van der Waals surface area contributed by atoms with Gasteiger partial charge in [0.2, 0.25) is 0 Å². The molecule has 82 valence electrons. The molecule has 0 aliphatic rings. The Morgan fingerprint density at radius 3 is 2.36 bits per heavy atom. The summed E-state index contributed by atoms with van der Waals surface area (Å²) in [6, 6.07) is 0. The van der Waals surface area contributed by atoms with Gasteiger partial charge in [0.25, 0.3) is 0 Å². The maximum Gasteiger partial charge on any atom is -0.00287 e. The molecule has 2 unspecified atom stereocenters. The minimum atomic E-state index is 0.597. The molecule has 0 spiro atoms. The van der Waals surface area contributed by atoms with Crippen molar-refractivity contribution >= 4 is 0 Å². The first-order valence-corrected chi connectivity index (χ1v) is 5.90. The molecule has 0 saturated carbocycles. The van der Waals surface area contributed by atoms with Gasteiger partial charge in [0.05, 0.1) is 0 Å². The molecule has 0 aliphatic carbocycles. The molecule has 0 rings (SSSR count). The zero-order chi connectivity index (χ0) is 11.0. The van der Waals surface area contributed by atoms with Crippen LogP contribution < -0.4 is 0 Å². The summed E-state index contributed by atoms with van der Waals surface area (Å²) in [6.45, 7) is 12.9. The lowest BCUT2D eigenvalue weighted by Gasteiger charge is -2.15. The Bertz CT molecular complexity index is 176. The SMILES string of the molecule is C=C(C)C(C=CC)CCC(C)CCC. The minimum Gasteiger partial charge on any atom is -0.0995 e. The van der Waals surface area contributed by atoms with Crippen LogP contribution in [0.4, 0.5) is 0 Å². The molecule has 0 aliphatic heterocycles. The van der Waals surface area contributed by atoms with Gasteiger partial charge in [-0.25, -0.2) is 0 Å². The summed E-state index contributed by atoms with van der Waals surface area (Å²) in [5, 5.41) is 0. The van der Waals surface area contributed by atoms with E-state index in [1.54, 1.807) is 0 Å². The van der Waals surface area contributed by atoms with Gasteiger partial charge in [0, 0.05) is 0 Å². The second-order valence-corrected chi connectivity index (χ2v) is 4.45. The van der Waals surface area contributed by atoms with Crippen molar-refractivity contribution in [1.29, 1.82) is 0 Å². The van der Waals surface area contributed by atoms with Crippen LogP contribution in [0.2, 0.25) is 0 Å². The van der Waals surface area contributed by atoms with Crippen molar-refractivity contribution in [2.75, 3.05) is 0 Å². The van der Waals surface area contributed by atoms with Crippen LogP contribution in [0.5, 0.6) is 0 Å². The molecule has 0 aromatic rings. The van der Waals surface area contributed by atoms with Crippen molar-refractivity contribution in [3.8, 4) is 0 Å². The van der Waals surface area contributed by atoms with Gasteiger partial charge in [-0.3, -0.25) is 0 Å². The van der Waals surface area contributed by atoms with Crippen LogP contribution in [0.15, 0.2) is 24.3 Å². The third-order valence-corrected chi connectivity index (χ3v) is 2.81. The molecule has 0 amide bonds. The monoisotopic (exact) mass is 194 g/mol. The molecule has 0 heterocycles. The molecule has 2 atom stereocenters. The summed E-state index contributed by atoms with van der Waals surface area (Å²) in [5.41, 5.74) is 1.30. The van der Waals surface area contributed by atoms with Crippen molar-refractivity contribution in [1.82, 2.24) is 0 Å². The second kappa shape index (κ2) is 7.84. The van der Waals surface area contributed by atoms with Gasteiger partial charge in [0.15, 0.2) is 0 Å². The van der Waals surface area contributed by atoms with Crippen LogP contribution in [0.3, 0.4) is 0 Å². The fourth-order valence-electron chi connectivity index (χ4n) is 1.84. The zero-order valence-corrected chi connectivity index (χ0v) is 10.3. The van der Waals surface area contributed by atoms with Crippen molar-refractivity contribution < 1.29 is 0 Å². The van der Waals surface area contributed by atoms with Crippen LogP contribution in [-0.2, 0) is 0 Å². The predicted molar refractivity (Wildman–Crippen MR) is 66.4 cm³/mol. The van der Waals surface area contributed by atoms with Crippen LogP contribution in [0.25, 0.3) is 0 Å². The maximum atomic E-state index is 4.05. The first kappa shape index (κ1) is 13.5. The fraction of sp³-hybridized carbons (Fsp3) is 0.714. The number of hydrogen-bond donors (Lipinski definition) is 0. The number of rotatable bonds is 7. The van der Waals surface area contributed by atoms with Crippen molar-refractivity contribution in [2.45, 2.75) is 53.4 Å². The molecule has 0 radical (unpaired) electrons. The van der Waals surface area contributed by atoms with E-state index in [-0.39, 0.29) is 0 Å². The standard InChI is InChI=1S/C14H26/c1-6-8-13(5)10-11-14(9-7-2)12(3)4/h7,9,13-14H,3,6,8,10-11H2,1-2,4-5H3. The highest BCUT2D eigenvalue weighted by Crippen LogP contribution is 2.22. The molecule has 0 saturated heterocycles. The van der Waals surface area contributed by atoms with E-state index >= 15 is 0 Å². The summed E-state index contributed by atoms with van der Waals surface area (Å²) in [7, 11) is 0. The van der Waals surface area contributed by atoms with E-state index in [1.807, 2.05) is 0 Å². The third-order valence-electron chi connectivity index (χ3n) is 2.81. The molecule has 0 bridgehead atoms. The zero-order valence-electron chi connectivity index (χ0n) is 10.3. The Hall–Kier alpha value is -0.520. The Labute approximate surface area is 90.1 Å². The second-order valence-electron chi connectivity index (χ2n) is 4.45. The van der Waals surface area contributed by atoms with Crippen molar-refractivity contribution in [2.24, 2.45) is 11.8 Å². The van der Waals surface area contributed by atoms with Gasteiger partial charge >= 0.3 is 0 Å². The van der Waals surface area contributed by atoms with Gasteiger partial charge in [0.1, 0.15) is 0 Å². The molecule has 14 heavy (non-hydrogen) atoms. The van der Waals surface area contributed by atoms with E-state index in [0.717, 1.165) is 5.92 Å². The van der Waals surface area contributed by atoms with Crippen molar-refractivity contribution in [3.05, 3.63) is 24.3 Å². The van der Waals surface area contributed by atoms with Gasteiger partial charge in [-0.2, -0.15) is 0 Å². The fourth-order valence-corrected chi connectivity index (χ4v) is 1.84. The quantitative estimate of drug-likeness (QED) is 0.502.